The number of nitrogens with zero attached hydrogens (tertiary/aromatic N) is 2. The van der Waals surface area contributed by atoms with Crippen molar-refractivity contribution in [1.29, 1.82) is 0 Å². The van der Waals surface area contributed by atoms with Gasteiger partial charge in [-0.1, -0.05) is 12.7 Å². The van der Waals surface area contributed by atoms with Gasteiger partial charge in [0.05, 0.1) is 23.2 Å². The van der Waals surface area contributed by atoms with Gasteiger partial charge in [-0.2, -0.15) is 0 Å². The Balaban J connectivity index is 2.02. The number of halogens is 1. The first-order valence-electron chi connectivity index (χ1n) is 10.4. The van der Waals surface area contributed by atoms with E-state index in [1.165, 1.54) is 37.4 Å². The number of hydrogen-bond acceptors (Lipinski definition) is 6. The van der Waals surface area contributed by atoms with Gasteiger partial charge in [0, 0.05) is 36.8 Å². The van der Waals surface area contributed by atoms with Crippen LogP contribution >= 0.6 is 0 Å². The highest BCUT2D eigenvalue weighted by atomic mass is 32.2. The third kappa shape index (κ3) is 5.74. The van der Waals surface area contributed by atoms with Crippen LogP contribution in [0.3, 0.4) is 0 Å². The number of aliphatic carboxylic acids is 1. The highest BCUT2D eigenvalue weighted by Crippen LogP contribution is 2.34. The van der Waals surface area contributed by atoms with Crippen molar-refractivity contribution in [1.82, 2.24) is 14.6 Å². The number of pyridine rings is 1. The molecule has 0 aliphatic heterocycles. The molecular weight excluding hydrogens is 465 g/mol. The van der Waals surface area contributed by atoms with E-state index in [0.717, 1.165) is 4.31 Å². The molecule has 2 aromatic heterocycles. The van der Waals surface area contributed by atoms with Crippen molar-refractivity contribution in [3.8, 4) is 11.3 Å². The summed E-state index contributed by atoms with van der Waals surface area (Å²) in [5.41, 5.74) is 1.66. The van der Waals surface area contributed by atoms with E-state index in [4.69, 9.17) is 9.52 Å². The summed E-state index contributed by atoms with van der Waals surface area (Å²) in [4.78, 5) is 27.8. The number of hydrogen-bond donors (Lipinski definition) is 2. The summed E-state index contributed by atoms with van der Waals surface area (Å²) >= 11 is -2.57. The minimum Gasteiger partial charge on any atom is -0.760 e. The number of fused-ring (bicyclic) bond motifs is 1. The standard InChI is InChI=1S/C23H24FN3O6S/c1-3-14-12-17-20(22(30)25-2)21(15-7-9-16(24)10-8-15)33-23(17)26-18(14)13-27(34(31)32)11-5-4-6-19(28)29/h3,7-10,12H,1,4-6,11,13H2,2H3,(H,25,30)(H,28,29)(H,31,32)/p-1. The van der Waals surface area contributed by atoms with Crippen molar-refractivity contribution in [2.24, 2.45) is 0 Å². The number of carboxylic acids is 1. The average molecular weight is 489 g/mol. The minimum absolute atomic E-state index is 0.0533. The van der Waals surface area contributed by atoms with E-state index >= 15 is 0 Å². The molecule has 11 heteroatoms. The molecule has 1 aromatic carbocycles. The van der Waals surface area contributed by atoms with E-state index in [0.29, 0.717) is 35.0 Å². The fourth-order valence-corrected chi connectivity index (χ4v) is 3.98. The number of carbonyl (C=O) groups excluding carboxylic acids is 1. The molecule has 180 valence electrons. The monoisotopic (exact) mass is 488 g/mol. The number of benzene rings is 1. The maximum atomic E-state index is 13.4. The Bertz CT molecular complexity index is 1240. The molecule has 0 aliphatic rings. The van der Waals surface area contributed by atoms with E-state index in [-0.39, 0.29) is 36.5 Å². The lowest BCUT2D eigenvalue weighted by molar-refractivity contribution is -0.137. The molecule has 3 rings (SSSR count). The summed E-state index contributed by atoms with van der Waals surface area (Å²) < 4.78 is 43.9. The topological polar surface area (TPSA) is 136 Å². The lowest BCUT2D eigenvalue weighted by Gasteiger charge is -2.24. The zero-order valence-corrected chi connectivity index (χ0v) is 19.2. The van der Waals surface area contributed by atoms with Gasteiger partial charge in [0.2, 0.25) is 5.71 Å². The van der Waals surface area contributed by atoms with E-state index in [1.54, 1.807) is 6.07 Å². The van der Waals surface area contributed by atoms with E-state index in [1.807, 2.05) is 0 Å². The highest BCUT2D eigenvalue weighted by molar-refractivity contribution is 7.76. The first-order valence-corrected chi connectivity index (χ1v) is 11.4. The molecule has 1 amide bonds. The van der Waals surface area contributed by atoms with Crippen molar-refractivity contribution in [3.63, 3.8) is 0 Å². The quantitative estimate of drug-likeness (QED) is 0.311. The molecule has 34 heavy (non-hydrogen) atoms. The van der Waals surface area contributed by atoms with Gasteiger partial charge in [0.15, 0.2) is 0 Å². The lowest BCUT2D eigenvalue weighted by Crippen LogP contribution is -2.27. The van der Waals surface area contributed by atoms with Crippen LogP contribution in [0.25, 0.3) is 28.5 Å². The number of unbranched alkanes of at least 4 members (excludes halogenated alkanes) is 1. The minimum atomic E-state index is -2.57. The van der Waals surface area contributed by atoms with E-state index in [2.05, 4.69) is 16.9 Å². The molecule has 2 N–H and O–H groups in total. The fraction of sp³-hybridized carbons (Fsp3) is 0.261. The lowest BCUT2D eigenvalue weighted by atomic mass is 10.0. The molecule has 9 nitrogen and oxygen atoms in total. The fourth-order valence-electron chi connectivity index (χ4n) is 3.47. The summed E-state index contributed by atoms with van der Waals surface area (Å²) in [7, 11) is 1.47. The third-order valence-electron chi connectivity index (χ3n) is 5.16. The third-order valence-corrected chi connectivity index (χ3v) is 5.89. The zero-order valence-electron chi connectivity index (χ0n) is 18.4. The van der Waals surface area contributed by atoms with Crippen LogP contribution in [-0.4, -0.2) is 48.6 Å². The summed E-state index contributed by atoms with van der Waals surface area (Å²) in [5, 5.41) is 11.7. The summed E-state index contributed by atoms with van der Waals surface area (Å²) in [6.07, 6.45) is 2.14. The molecule has 1 atom stereocenters. The number of aromatic nitrogens is 1. The number of carboxylic acid groups (broad SMARTS) is 1. The Kier molecular flexibility index (Phi) is 8.26. The van der Waals surface area contributed by atoms with Gasteiger partial charge in [-0.05, 0) is 48.7 Å². The van der Waals surface area contributed by atoms with Crippen molar-refractivity contribution >= 4 is 40.3 Å². The second kappa shape index (κ2) is 11.1. The second-order valence-corrected chi connectivity index (χ2v) is 8.36. The summed E-state index contributed by atoms with van der Waals surface area (Å²) in [6, 6.07) is 7.09. The molecule has 0 saturated carbocycles. The summed E-state index contributed by atoms with van der Waals surface area (Å²) in [6.45, 7) is 3.78. The smallest absolute Gasteiger partial charge is 0.303 e. The normalized spacial score (nSPS) is 12.1. The molecule has 0 spiro atoms. The van der Waals surface area contributed by atoms with Crippen LogP contribution in [0.1, 0.15) is 40.9 Å². The number of rotatable bonds is 11. The second-order valence-electron chi connectivity index (χ2n) is 7.40. The number of nitrogens with one attached hydrogen (secondary N) is 1. The Morgan fingerprint density at radius 1 is 1.32 bits per heavy atom. The van der Waals surface area contributed by atoms with Gasteiger partial charge < -0.3 is 19.4 Å². The van der Waals surface area contributed by atoms with E-state index in [9.17, 15) is 22.7 Å². The maximum absolute atomic E-state index is 13.4. The van der Waals surface area contributed by atoms with E-state index < -0.39 is 29.0 Å². The Morgan fingerprint density at radius 2 is 2.03 bits per heavy atom. The molecule has 1 unspecified atom stereocenters. The molecule has 2 heterocycles. The van der Waals surface area contributed by atoms with Crippen molar-refractivity contribution < 1.29 is 32.3 Å². The van der Waals surface area contributed by atoms with Gasteiger partial charge in [-0.15, -0.1) is 0 Å². The Morgan fingerprint density at radius 3 is 2.62 bits per heavy atom. The first kappa shape index (κ1) is 25.2. The predicted molar refractivity (Wildman–Crippen MR) is 124 cm³/mol. The SMILES string of the molecule is C=Cc1cc2c(C(=O)NC)c(-c3ccc(F)cc3)oc2nc1CN(CCCCC(=O)O)S(=O)[O-]. The Labute approximate surface area is 197 Å². The number of amides is 1. The molecular formula is C23H23FN3O6S-. The van der Waals surface area contributed by atoms with Crippen LogP contribution in [0.15, 0.2) is 41.3 Å². The van der Waals surface area contributed by atoms with Crippen LogP contribution in [0.2, 0.25) is 0 Å². The largest absolute Gasteiger partial charge is 0.760 e. The van der Waals surface area contributed by atoms with Gasteiger partial charge in [0.25, 0.3) is 5.91 Å². The molecule has 3 aromatic rings. The van der Waals surface area contributed by atoms with Crippen molar-refractivity contribution in [2.45, 2.75) is 25.8 Å². The Hall–Kier alpha value is -3.41. The van der Waals surface area contributed by atoms with Crippen LogP contribution in [0.4, 0.5) is 4.39 Å². The molecule has 0 bridgehead atoms. The maximum Gasteiger partial charge on any atom is 0.303 e. The van der Waals surface area contributed by atoms with Crippen molar-refractivity contribution in [3.05, 3.63) is 59.5 Å². The van der Waals surface area contributed by atoms with Crippen LogP contribution in [-0.2, 0) is 22.6 Å². The molecule has 0 fully saturated rings. The number of carbonyl (C=O) groups is 2. The van der Waals surface area contributed by atoms with Crippen LogP contribution < -0.4 is 5.32 Å². The number of furan rings is 1. The first-order chi connectivity index (χ1) is 16.2. The van der Waals surface area contributed by atoms with Gasteiger partial charge in [0.1, 0.15) is 11.6 Å². The molecule has 0 saturated heterocycles. The zero-order chi connectivity index (χ0) is 24.8. The van der Waals surface area contributed by atoms with Gasteiger partial charge >= 0.3 is 5.97 Å². The average Bonchev–Trinajstić information content (AvgIpc) is 3.18. The van der Waals surface area contributed by atoms with Gasteiger partial charge in [-0.25, -0.2) is 13.7 Å². The highest BCUT2D eigenvalue weighted by Gasteiger charge is 2.24. The van der Waals surface area contributed by atoms with Gasteiger partial charge in [-0.3, -0.25) is 13.8 Å². The van der Waals surface area contributed by atoms with Crippen molar-refractivity contribution in [2.75, 3.05) is 13.6 Å². The molecule has 0 radical (unpaired) electrons. The molecule has 0 aliphatic carbocycles. The predicted octanol–water partition coefficient (Wildman–Crippen LogP) is 3.49. The van der Waals surface area contributed by atoms with Crippen LogP contribution in [0, 0.1) is 5.82 Å². The summed E-state index contributed by atoms with van der Waals surface area (Å²) in [5.74, 6) is -1.61. The van der Waals surface area contributed by atoms with Crippen LogP contribution in [0.5, 0.6) is 0 Å².